The maximum Gasteiger partial charge on any atom is 0.248 e. The van der Waals surface area contributed by atoms with Crippen LogP contribution < -0.4 is 0 Å². The number of halogens is 2. The lowest BCUT2D eigenvalue weighted by Gasteiger charge is -2.58. The smallest absolute Gasteiger partial charge is 0.248 e. The highest BCUT2D eigenvalue weighted by Gasteiger charge is 2.65. The maximum absolute atomic E-state index is 13.3. The Kier molecular flexibility index (Phi) is 2.42. The van der Waals surface area contributed by atoms with E-state index in [1.807, 2.05) is 13.8 Å². The van der Waals surface area contributed by atoms with Crippen molar-refractivity contribution in [3.05, 3.63) is 0 Å². The Bertz CT molecular complexity index is 293. The molecule has 2 N–H and O–H groups in total. The first-order valence-corrected chi connectivity index (χ1v) is 5.85. The van der Waals surface area contributed by atoms with E-state index < -0.39 is 16.9 Å². The quantitative estimate of drug-likeness (QED) is 0.770. The molecule has 0 aromatic heterocycles. The highest BCUT2D eigenvalue weighted by Crippen LogP contribution is 2.63. The zero-order valence-electron chi connectivity index (χ0n) is 9.89. The van der Waals surface area contributed by atoms with Gasteiger partial charge in [0.25, 0.3) is 0 Å². The van der Waals surface area contributed by atoms with E-state index in [-0.39, 0.29) is 31.3 Å². The molecule has 0 aliphatic heterocycles. The minimum Gasteiger partial charge on any atom is -0.396 e. The van der Waals surface area contributed by atoms with Gasteiger partial charge in [0.1, 0.15) is 0 Å². The lowest BCUT2D eigenvalue weighted by molar-refractivity contribution is -0.211. The van der Waals surface area contributed by atoms with Crippen LogP contribution in [0.3, 0.4) is 0 Å². The molecule has 0 amide bonds. The molecule has 0 heterocycles. The van der Waals surface area contributed by atoms with Crippen molar-refractivity contribution in [2.45, 2.75) is 57.5 Å². The molecule has 16 heavy (non-hydrogen) atoms. The fourth-order valence-corrected chi connectivity index (χ4v) is 3.68. The van der Waals surface area contributed by atoms with E-state index in [0.717, 1.165) is 0 Å². The van der Waals surface area contributed by atoms with Crippen molar-refractivity contribution < 1.29 is 19.0 Å². The van der Waals surface area contributed by atoms with Crippen LogP contribution in [0.15, 0.2) is 0 Å². The average molecular weight is 234 g/mol. The summed E-state index contributed by atoms with van der Waals surface area (Å²) in [5, 5.41) is 19.9. The Morgan fingerprint density at radius 3 is 1.94 bits per heavy atom. The summed E-state index contributed by atoms with van der Waals surface area (Å²) in [7, 11) is 0. The van der Waals surface area contributed by atoms with Crippen molar-refractivity contribution in [1.29, 1.82) is 0 Å². The molecule has 0 aromatic rings. The Balaban J connectivity index is 2.19. The van der Waals surface area contributed by atoms with Gasteiger partial charge in [0.05, 0.1) is 12.2 Å². The van der Waals surface area contributed by atoms with Gasteiger partial charge in [0.2, 0.25) is 5.92 Å². The first-order chi connectivity index (χ1) is 7.14. The highest BCUT2D eigenvalue weighted by molar-refractivity contribution is 5.13. The molecule has 4 heteroatoms. The third-order valence-electron chi connectivity index (χ3n) is 4.40. The number of aliphatic hydroxyl groups is 2. The molecule has 0 radical (unpaired) electrons. The highest BCUT2D eigenvalue weighted by atomic mass is 19.3. The van der Waals surface area contributed by atoms with Crippen molar-refractivity contribution in [3.63, 3.8) is 0 Å². The van der Waals surface area contributed by atoms with Crippen LogP contribution in [0.25, 0.3) is 0 Å². The lowest BCUT2D eigenvalue weighted by atomic mass is 9.51. The number of alkyl halides is 2. The molecule has 2 saturated carbocycles. The van der Waals surface area contributed by atoms with Gasteiger partial charge in [-0.3, -0.25) is 0 Å². The molecule has 1 unspecified atom stereocenters. The average Bonchev–Trinajstić information content (AvgIpc) is 2.39. The molecule has 1 atom stereocenters. The van der Waals surface area contributed by atoms with Gasteiger partial charge in [-0.15, -0.1) is 0 Å². The van der Waals surface area contributed by atoms with E-state index in [2.05, 4.69) is 0 Å². The third-order valence-corrected chi connectivity index (χ3v) is 4.40. The Morgan fingerprint density at radius 2 is 1.62 bits per heavy atom. The Hall–Kier alpha value is -0.220. The minimum atomic E-state index is -2.72. The van der Waals surface area contributed by atoms with E-state index >= 15 is 0 Å². The van der Waals surface area contributed by atoms with Gasteiger partial charge in [0, 0.05) is 18.3 Å². The van der Waals surface area contributed by atoms with E-state index in [1.54, 1.807) is 0 Å². The number of rotatable bonds is 2. The molecular weight excluding hydrogens is 214 g/mol. The zero-order valence-corrected chi connectivity index (χ0v) is 9.89. The van der Waals surface area contributed by atoms with E-state index in [4.69, 9.17) is 0 Å². The summed E-state index contributed by atoms with van der Waals surface area (Å²) >= 11 is 0. The third kappa shape index (κ3) is 1.66. The molecule has 0 spiro atoms. The van der Waals surface area contributed by atoms with Crippen LogP contribution >= 0.6 is 0 Å². The van der Waals surface area contributed by atoms with E-state index in [9.17, 15) is 19.0 Å². The molecule has 2 aliphatic carbocycles. The van der Waals surface area contributed by atoms with Crippen LogP contribution in [0.4, 0.5) is 8.78 Å². The molecule has 2 nitrogen and oxygen atoms in total. The van der Waals surface area contributed by atoms with Crippen LogP contribution in [-0.4, -0.2) is 28.3 Å². The second-order valence-electron chi connectivity index (χ2n) is 6.52. The van der Waals surface area contributed by atoms with Gasteiger partial charge in [0.15, 0.2) is 0 Å². The number of hydrogen-bond acceptors (Lipinski definition) is 2. The van der Waals surface area contributed by atoms with E-state index in [1.165, 1.54) is 0 Å². The molecule has 94 valence electrons. The second kappa shape index (κ2) is 3.16. The van der Waals surface area contributed by atoms with Crippen LogP contribution in [0.2, 0.25) is 0 Å². The minimum absolute atomic E-state index is 0.00873. The predicted molar refractivity (Wildman–Crippen MR) is 56.3 cm³/mol. The van der Waals surface area contributed by atoms with Gasteiger partial charge in [-0.25, -0.2) is 8.78 Å². The summed E-state index contributed by atoms with van der Waals surface area (Å²) in [6.45, 7) is 3.69. The van der Waals surface area contributed by atoms with Crippen molar-refractivity contribution in [3.8, 4) is 0 Å². The zero-order chi connectivity index (χ0) is 12.2. The van der Waals surface area contributed by atoms with Gasteiger partial charge >= 0.3 is 0 Å². The van der Waals surface area contributed by atoms with Crippen molar-refractivity contribution in [2.24, 2.45) is 10.8 Å². The largest absolute Gasteiger partial charge is 0.396 e. The standard InChI is InChI=1S/C12H20F2O2/c1-9(2)5-11(16,6-9)10(8-15)3-4-12(13,14)7-10/h15-16H,3-8H2,1-2H3. The summed E-state index contributed by atoms with van der Waals surface area (Å²) < 4.78 is 26.6. The van der Waals surface area contributed by atoms with Crippen LogP contribution in [0.1, 0.15) is 46.0 Å². The fraction of sp³-hybridized carbons (Fsp3) is 1.00. The Labute approximate surface area is 94.7 Å². The first kappa shape index (κ1) is 12.2. The summed E-state index contributed by atoms with van der Waals surface area (Å²) in [6, 6.07) is 0. The summed E-state index contributed by atoms with van der Waals surface area (Å²) in [5.41, 5.74) is -2.06. The van der Waals surface area contributed by atoms with Crippen LogP contribution in [-0.2, 0) is 0 Å². The topological polar surface area (TPSA) is 40.5 Å². The second-order valence-corrected chi connectivity index (χ2v) is 6.52. The molecular formula is C12H20F2O2. The fourth-order valence-electron chi connectivity index (χ4n) is 3.68. The van der Waals surface area contributed by atoms with E-state index in [0.29, 0.717) is 12.8 Å². The normalized spacial score (nSPS) is 39.4. The lowest BCUT2D eigenvalue weighted by Crippen LogP contribution is -2.61. The number of hydrogen-bond donors (Lipinski definition) is 2. The van der Waals surface area contributed by atoms with Gasteiger partial charge < -0.3 is 10.2 Å². The number of aliphatic hydroxyl groups excluding tert-OH is 1. The molecule has 2 rings (SSSR count). The van der Waals surface area contributed by atoms with Crippen molar-refractivity contribution in [2.75, 3.05) is 6.61 Å². The molecule has 2 fully saturated rings. The van der Waals surface area contributed by atoms with Gasteiger partial charge in [-0.05, 0) is 24.7 Å². The predicted octanol–water partition coefficient (Wildman–Crippen LogP) is 2.34. The van der Waals surface area contributed by atoms with Crippen molar-refractivity contribution in [1.82, 2.24) is 0 Å². The monoisotopic (exact) mass is 234 g/mol. The van der Waals surface area contributed by atoms with Crippen molar-refractivity contribution >= 4 is 0 Å². The van der Waals surface area contributed by atoms with Gasteiger partial charge in [-0.2, -0.15) is 0 Å². The maximum atomic E-state index is 13.3. The van der Waals surface area contributed by atoms with Crippen LogP contribution in [0, 0.1) is 10.8 Å². The molecule has 2 aliphatic rings. The SMILES string of the molecule is CC1(C)CC(O)(C2(CO)CCC(F)(F)C2)C1. The van der Waals surface area contributed by atoms with Gasteiger partial charge in [-0.1, -0.05) is 13.8 Å². The summed E-state index contributed by atoms with van der Waals surface area (Å²) in [6.07, 6.45) is 0.662. The summed E-state index contributed by atoms with van der Waals surface area (Å²) in [5.74, 6) is -2.72. The molecule has 0 bridgehead atoms. The molecule has 0 saturated heterocycles. The Morgan fingerprint density at radius 1 is 1.06 bits per heavy atom. The summed E-state index contributed by atoms with van der Waals surface area (Å²) in [4.78, 5) is 0. The first-order valence-electron chi connectivity index (χ1n) is 5.85. The van der Waals surface area contributed by atoms with Crippen LogP contribution in [0.5, 0.6) is 0 Å². The molecule has 0 aromatic carbocycles.